The molecule has 1 aromatic rings. The molecule has 0 aromatic heterocycles. The number of carbonyl (C=O) groups is 2. The normalized spacial score (nSPS) is 28.1. The molecular formula is C28H41N3O3. The van der Waals surface area contributed by atoms with E-state index in [1.807, 2.05) is 11.8 Å². The van der Waals surface area contributed by atoms with Crippen molar-refractivity contribution in [1.82, 2.24) is 14.7 Å². The van der Waals surface area contributed by atoms with Crippen LogP contribution >= 0.6 is 0 Å². The highest BCUT2D eigenvalue weighted by Gasteiger charge is 2.48. The van der Waals surface area contributed by atoms with Crippen LogP contribution in [0.15, 0.2) is 24.3 Å². The largest absolute Gasteiger partial charge is 0.450 e. The molecule has 4 aliphatic rings. The van der Waals surface area contributed by atoms with Crippen LogP contribution in [0.1, 0.15) is 82.8 Å². The number of hydrogen-bond donors (Lipinski definition) is 0. The second-order valence-electron chi connectivity index (χ2n) is 10.9. The number of likely N-dealkylation sites (tertiary alicyclic amines) is 1. The third-order valence-corrected chi connectivity index (χ3v) is 9.00. The van der Waals surface area contributed by atoms with Gasteiger partial charge in [0, 0.05) is 43.1 Å². The summed E-state index contributed by atoms with van der Waals surface area (Å²) in [7, 11) is 0. The predicted molar refractivity (Wildman–Crippen MR) is 133 cm³/mol. The van der Waals surface area contributed by atoms with E-state index in [0.717, 1.165) is 77.5 Å². The zero-order valence-electron chi connectivity index (χ0n) is 21.0. The Kier molecular flexibility index (Phi) is 6.88. The molecular weight excluding hydrogens is 426 g/mol. The van der Waals surface area contributed by atoms with Gasteiger partial charge in [-0.05, 0) is 76.1 Å². The monoisotopic (exact) mass is 467 g/mol. The van der Waals surface area contributed by atoms with E-state index in [1.54, 1.807) is 0 Å². The van der Waals surface area contributed by atoms with E-state index in [0.29, 0.717) is 37.1 Å². The quantitative estimate of drug-likeness (QED) is 0.630. The van der Waals surface area contributed by atoms with Crippen LogP contribution in [0.3, 0.4) is 0 Å². The van der Waals surface area contributed by atoms with Gasteiger partial charge >= 0.3 is 6.09 Å². The zero-order chi connectivity index (χ0) is 23.7. The first-order chi connectivity index (χ1) is 16.5. The van der Waals surface area contributed by atoms with Gasteiger partial charge in [-0.25, -0.2) is 4.79 Å². The Hall–Kier alpha value is -2.08. The van der Waals surface area contributed by atoms with E-state index in [-0.39, 0.29) is 11.5 Å². The van der Waals surface area contributed by atoms with E-state index in [4.69, 9.17) is 4.74 Å². The topological polar surface area (TPSA) is 53.1 Å². The Morgan fingerprint density at radius 1 is 1.03 bits per heavy atom. The summed E-state index contributed by atoms with van der Waals surface area (Å²) < 4.78 is 5.35. The third kappa shape index (κ3) is 4.34. The molecule has 0 saturated carbocycles. The lowest BCUT2D eigenvalue weighted by Crippen LogP contribution is -2.57. The van der Waals surface area contributed by atoms with Gasteiger partial charge < -0.3 is 19.4 Å². The fraction of sp³-hybridized carbons (Fsp3) is 0.714. The van der Waals surface area contributed by atoms with Crippen LogP contribution in [0.2, 0.25) is 0 Å². The number of nitrogens with zero attached hydrogens (tertiary/aromatic N) is 3. The highest BCUT2D eigenvalue weighted by Crippen LogP contribution is 2.44. The first kappa shape index (κ1) is 23.7. The number of ether oxygens (including phenoxy) is 1. The number of benzene rings is 1. The molecule has 186 valence electrons. The van der Waals surface area contributed by atoms with Gasteiger partial charge in [-0.2, -0.15) is 0 Å². The van der Waals surface area contributed by atoms with Crippen molar-refractivity contribution in [2.45, 2.75) is 102 Å². The first-order valence-corrected chi connectivity index (χ1v) is 13.6. The second-order valence-corrected chi connectivity index (χ2v) is 10.9. The standard InChI is InChI=1S/C28H41N3O3/c1-3-5-10-26(32)30-19-21-8-6-7-9-25(21)28(20-30)13-15-29(16-14-28)24-17-22-11-12-23(18-24)31(22)27(33)34-4-2/h6-9,22-24H,3-5,10-20H2,1-2H3. The molecule has 0 radical (unpaired) electrons. The molecule has 3 fully saturated rings. The van der Waals surface area contributed by atoms with Crippen molar-refractivity contribution in [1.29, 1.82) is 0 Å². The summed E-state index contributed by atoms with van der Waals surface area (Å²) in [6, 6.07) is 10.1. The Bertz CT molecular complexity index is 881. The summed E-state index contributed by atoms with van der Waals surface area (Å²) in [5.41, 5.74) is 2.90. The Morgan fingerprint density at radius 2 is 1.74 bits per heavy atom. The van der Waals surface area contributed by atoms with Gasteiger partial charge in [-0.1, -0.05) is 37.6 Å². The molecule has 2 unspecified atom stereocenters. The van der Waals surface area contributed by atoms with E-state index >= 15 is 0 Å². The van der Waals surface area contributed by atoms with E-state index in [2.05, 4.69) is 41.0 Å². The number of fused-ring (bicyclic) bond motifs is 4. The lowest BCUT2D eigenvalue weighted by molar-refractivity contribution is -0.134. The Morgan fingerprint density at radius 3 is 2.41 bits per heavy atom. The van der Waals surface area contributed by atoms with Crippen LogP contribution in [0, 0.1) is 0 Å². The third-order valence-electron chi connectivity index (χ3n) is 9.00. The summed E-state index contributed by atoms with van der Waals surface area (Å²) in [5.74, 6) is 0.320. The van der Waals surface area contributed by atoms with Crippen molar-refractivity contribution in [3.63, 3.8) is 0 Å². The van der Waals surface area contributed by atoms with Gasteiger partial charge in [-0.3, -0.25) is 4.79 Å². The number of carbonyl (C=O) groups excluding carboxylic acids is 2. The van der Waals surface area contributed by atoms with Crippen molar-refractivity contribution < 1.29 is 14.3 Å². The minimum Gasteiger partial charge on any atom is -0.450 e. The maximum atomic E-state index is 13.0. The number of unbranched alkanes of at least 4 members (excludes halogenated alkanes) is 1. The van der Waals surface area contributed by atoms with E-state index < -0.39 is 0 Å². The molecule has 1 spiro atoms. The molecule has 0 N–H and O–H groups in total. The summed E-state index contributed by atoms with van der Waals surface area (Å²) >= 11 is 0. The molecule has 6 nitrogen and oxygen atoms in total. The number of piperidine rings is 2. The summed E-state index contributed by atoms with van der Waals surface area (Å²) in [4.78, 5) is 32.3. The first-order valence-electron chi connectivity index (χ1n) is 13.6. The fourth-order valence-corrected chi connectivity index (χ4v) is 7.24. The van der Waals surface area contributed by atoms with Crippen LogP contribution in [-0.4, -0.2) is 71.1 Å². The van der Waals surface area contributed by atoms with Crippen molar-refractivity contribution >= 4 is 12.0 Å². The molecule has 5 rings (SSSR count). The predicted octanol–water partition coefficient (Wildman–Crippen LogP) is 4.70. The molecule has 0 aliphatic carbocycles. The molecule has 2 bridgehead atoms. The average molecular weight is 468 g/mol. The smallest absolute Gasteiger partial charge is 0.410 e. The minimum absolute atomic E-state index is 0.0812. The number of rotatable bonds is 5. The van der Waals surface area contributed by atoms with Crippen LogP contribution in [0.4, 0.5) is 4.79 Å². The Labute approximate surface area is 204 Å². The van der Waals surface area contributed by atoms with Crippen molar-refractivity contribution in [3.05, 3.63) is 35.4 Å². The molecule has 4 aliphatic heterocycles. The SMILES string of the molecule is CCCCC(=O)N1Cc2ccccc2C2(CCN(C3CC4CCC(C3)N4C(=O)OCC)CC2)C1. The summed E-state index contributed by atoms with van der Waals surface area (Å²) in [6.45, 7) is 8.28. The van der Waals surface area contributed by atoms with Gasteiger partial charge in [-0.15, -0.1) is 0 Å². The van der Waals surface area contributed by atoms with Gasteiger partial charge in [0.1, 0.15) is 0 Å². The van der Waals surface area contributed by atoms with Gasteiger partial charge in [0.05, 0.1) is 6.61 Å². The van der Waals surface area contributed by atoms with Crippen molar-refractivity contribution in [3.8, 4) is 0 Å². The van der Waals surface area contributed by atoms with Crippen LogP contribution in [0.5, 0.6) is 0 Å². The molecule has 3 saturated heterocycles. The van der Waals surface area contributed by atoms with Crippen molar-refractivity contribution in [2.75, 3.05) is 26.2 Å². The van der Waals surface area contributed by atoms with E-state index in [1.165, 1.54) is 11.1 Å². The fourth-order valence-electron chi connectivity index (χ4n) is 7.24. The average Bonchev–Trinajstić information content (AvgIpc) is 3.12. The maximum Gasteiger partial charge on any atom is 0.410 e. The van der Waals surface area contributed by atoms with Gasteiger partial charge in [0.25, 0.3) is 0 Å². The second kappa shape index (κ2) is 9.88. The molecule has 34 heavy (non-hydrogen) atoms. The molecule has 1 aromatic carbocycles. The highest BCUT2D eigenvalue weighted by molar-refractivity contribution is 5.77. The summed E-state index contributed by atoms with van der Waals surface area (Å²) in [6.07, 6.45) is 9.17. The minimum atomic E-state index is -0.113. The van der Waals surface area contributed by atoms with Crippen LogP contribution in [-0.2, 0) is 21.5 Å². The van der Waals surface area contributed by atoms with E-state index in [9.17, 15) is 9.59 Å². The number of hydrogen-bond acceptors (Lipinski definition) is 4. The van der Waals surface area contributed by atoms with Gasteiger partial charge in [0.15, 0.2) is 0 Å². The maximum absolute atomic E-state index is 13.0. The molecule has 4 heterocycles. The number of amides is 2. The lowest BCUT2D eigenvalue weighted by atomic mass is 9.68. The lowest BCUT2D eigenvalue weighted by Gasteiger charge is -2.51. The highest BCUT2D eigenvalue weighted by atomic mass is 16.6. The Balaban J connectivity index is 1.27. The van der Waals surface area contributed by atoms with Gasteiger partial charge in [0.2, 0.25) is 5.91 Å². The van der Waals surface area contributed by atoms with Crippen LogP contribution < -0.4 is 0 Å². The summed E-state index contributed by atoms with van der Waals surface area (Å²) in [5, 5.41) is 0. The van der Waals surface area contributed by atoms with Crippen LogP contribution in [0.25, 0.3) is 0 Å². The van der Waals surface area contributed by atoms with Crippen molar-refractivity contribution in [2.24, 2.45) is 0 Å². The molecule has 2 atom stereocenters. The molecule has 2 amide bonds. The zero-order valence-corrected chi connectivity index (χ0v) is 21.0. The molecule has 6 heteroatoms.